The number of amides is 2. The van der Waals surface area contributed by atoms with Gasteiger partial charge in [-0.3, -0.25) is 0 Å². The average molecular weight is 168 g/mol. The number of carbonyl (C=O) groups excluding carboxylic acids is 1. The van der Waals surface area contributed by atoms with Gasteiger partial charge in [0.2, 0.25) is 0 Å². The minimum Gasteiger partial charge on any atom is -0.464 e. The van der Waals surface area contributed by atoms with Crippen LogP contribution in [0.25, 0.3) is 0 Å². The summed E-state index contributed by atoms with van der Waals surface area (Å²) in [5, 5.41) is 0. The Labute approximate surface area is 70.9 Å². The lowest BCUT2D eigenvalue weighted by Crippen LogP contribution is -2.31. The summed E-state index contributed by atoms with van der Waals surface area (Å²) in [7, 11) is 1.63. The third-order valence-electron chi connectivity index (χ3n) is 1.57. The standard InChI is InChI=1S/C8H12N2O2/c1-6-3-4-7(12-6)5-10(2)8(9)11/h3-4H,5H2,1-2H3,(H2,9,11). The second-order valence-corrected chi connectivity index (χ2v) is 2.71. The van der Waals surface area contributed by atoms with Crippen LogP contribution in [0.1, 0.15) is 11.5 Å². The average Bonchev–Trinajstić information content (AvgIpc) is 2.35. The summed E-state index contributed by atoms with van der Waals surface area (Å²) < 4.78 is 5.25. The molecule has 0 radical (unpaired) electrons. The number of rotatable bonds is 2. The van der Waals surface area contributed by atoms with Crippen molar-refractivity contribution < 1.29 is 9.21 Å². The molecule has 4 nitrogen and oxygen atoms in total. The van der Waals surface area contributed by atoms with Crippen molar-refractivity contribution >= 4 is 6.03 Å². The summed E-state index contributed by atoms with van der Waals surface area (Å²) in [5.41, 5.74) is 5.04. The number of primary amides is 1. The maximum Gasteiger partial charge on any atom is 0.314 e. The zero-order chi connectivity index (χ0) is 9.14. The smallest absolute Gasteiger partial charge is 0.314 e. The van der Waals surface area contributed by atoms with Crippen molar-refractivity contribution in [3.05, 3.63) is 23.7 Å². The van der Waals surface area contributed by atoms with Gasteiger partial charge in [-0.05, 0) is 19.1 Å². The Kier molecular flexibility index (Phi) is 2.38. The molecule has 0 aliphatic carbocycles. The van der Waals surface area contributed by atoms with Crippen molar-refractivity contribution in [1.29, 1.82) is 0 Å². The van der Waals surface area contributed by atoms with Gasteiger partial charge in [0.05, 0.1) is 6.54 Å². The van der Waals surface area contributed by atoms with E-state index in [4.69, 9.17) is 10.2 Å². The number of hydrogen-bond donors (Lipinski definition) is 1. The molecular formula is C8H12N2O2. The number of nitrogens with zero attached hydrogens (tertiary/aromatic N) is 1. The second-order valence-electron chi connectivity index (χ2n) is 2.71. The molecule has 0 aliphatic rings. The Morgan fingerprint density at radius 1 is 1.67 bits per heavy atom. The maximum absolute atomic E-state index is 10.6. The van der Waals surface area contributed by atoms with Gasteiger partial charge >= 0.3 is 6.03 Å². The monoisotopic (exact) mass is 168 g/mol. The van der Waals surface area contributed by atoms with Crippen LogP contribution in [-0.4, -0.2) is 18.0 Å². The molecule has 1 heterocycles. The lowest BCUT2D eigenvalue weighted by Gasteiger charge is -2.11. The van der Waals surface area contributed by atoms with Gasteiger partial charge in [0.15, 0.2) is 0 Å². The van der Waals surface area contributed by atoms with Gasteiger partial charge < -0.3 is 15.1 Å². The number of furan rings is 1. The van der Waals surface area contributed by atoms with Crippen LogP contribution in [-0.2, 0) is 6.54 Å². The molecule has 0 saturated heterocycles. The van der Waals surface area contributed by atoms with Gasteiger partial charge in [-0.2, -0.15) is 0 Å². The highest BCUT2D eigenvalue weighted by Crippen LogP contribution is 2.07. The number of nitrogens with two attached hydrogens (primary N) is 1. The first kappa shape index (κ1) is 8.64. The van der Waals surface area contributed by atoms with E-state index >= 15 is 0 Å². The summed E-state index contributed by atoms with van der Waals surface area (Å²) in [5.74, 6) is 1.58. The van der Waals surface area contributed by atoms with Crippen LogP contribution in [0, 0.1) is 6.92 Å². The van der Waals surface area contributed by atoms with Crippen LogP contribution < -0.4 is 5.73 Å². The topological polar surface area (TPSA) is 59.5 Å². The van der Waals surface area contributed by atoms with Crippen molar-refractivity contribution in [1.82, 2.24) is 4.90 Å². The fourth-order valence-electron chi connectivity index (χ4n) is 0.882. The molecule has 0 bridgehead atoms. The molecule has 0 aliphatic heterocycles. The van der Waals surface area contributed by atoms with E-state index in [-0.39, 0.29) is 0 Å². The van der Waals surface area contributed by atoms with Gasteiger partial charge in [-0.15, -0.1) is 0 Å². The highest BCUT2D eigenvalue weighted by Gasteiger charge is 2.06. The fraction of sp³-hybridized carbons (Fsp3) is 0.375. The van der Waals surface area contributed by atoms with E-state index in [1.807, 2.05) is 19.1 Å². The molecule has 1 rings (SSSR count). The quantitative estimate of drug-likeness (QED) is 0.718. The number of urea groups is 1. The molecule has 0 unspecified atom stereocenters. The third-order valence-corrected chi connectivity index (χ3v) is 1.57. The van der Waals surface area contributed by atoms with E-state index in [0.717, 1.165) is 11.5 Å². The van der Waals surface area contributed by atoms with E-state index in [1.165, 1.54) is 4.90 Å². The van der Waals surface area contributed by atoms with Crippen molar-refractivity contribution in [2.24, 2.45) is 5.73 Å². The fourth-order valence-corrected chi connectivity index (χ4v) is 0.882. The van der Waals surface area contributed by atoms with E-state index in [1.54, 1.807) is 7.05 Å². The molecule has 1 aromatic rings. The number of carbonyl (C=O) groups is 1. The Hall–Kier alpha value is -1.45. The van der Waals surface area contributed by atoms with Crippen LogP contribution >= 0.6 is 0 Å². The van der Waals surface area contributed by atoms with Crippen LogP contribution in [0.3, 0.4) is 0 Å². The van der Waals surface area contributed by atoms with Crippen LogP contribution in [0.5, 0.6) is 0 Å². The molecule has 2 amide bonds. The normalized spacial score (nSPS) is 9.83. The molecule has 0 saturated carbocycles. The van der Waals surface area contributed by atoms with Gasteiger partial charge in [0, 0.05) is 7.05 Å². The summed E-state index contributed by atoms with van der Waals surface area (Å²) in [6.45, 7) is 2.27. The lowest BCUT2D eigenvalue weighted by molar-refractivity contribution is 0.212. The first-order chi connectivity index (χ1) is 5.59. The zero-order valence-corrected chi connectivity index (χ0v) is 7.20. The molecule has 2 N–H and O–H groups in total. The second kappa shape index (κ2) is 3.30. The number of hydrogen-bond acceptors (Lipinski definition) is 2. The molecule has 12 heavy (non-hydrogen) atoms. The van der Waals surface area contributed by atoms with Gasteiger partial charge in [0.1, 0.15) is 11.5 Å². The largest absolute Gasteiger partial charge is 0.464 e. The zero-order valence-electron chi connectivity index (χ0n) is 7.20. The minimum absolute atomic E-state index is 0.420. The first-order valence-electron chi connectivity index (χ1n) is 3.65. The van der Waals surface area contributed by atoms with E-state index < -0.39 is 6.03 Å². The first-order valence-corrected chi connectivity index (χ1v) is 3.65. The Morgan fingerprint density at radius 3 is 2.75 bits per heavy atom. The Balaban J connectivity index is 2.58. The van der Waals surface area contributed by atoms with Crippen molar-refractivity contribution in [3.8, 4) is 0 Å². The third kappa shape index (κ3) is 2.02. The van der Waals surface area contributed by atoms with Crippen molar-refractivity contribution in [2.75, 3.05) is 7.05 Å². The predicted molar refractivity (Wildman–Crippen MR) is 44.5 cm³/mol. The van der Waals surface area contributed by atoms with Gasteiger partial charge in [-0.25, -0.2) is 4.79 Å². The SMILES string of the molecule is Cc1ccc(CN(C)C(N)=O)o1. The highest BCUT2D eigenvalue weighted by atomic mass is 16.3. The van der Waals surface area contributed by atoms with Crippen LogP contribution in [0.2, 0.25) is 0 Å². The van der Waals surface area contributed by atoms with Crippen LogP contribution in [0.4, 0.5) is 4.79 Å². The minimum atomic E-state index is -0.455. The summed E-state index contributed by atoms with van der Waals surface area (Å²) in [6, 6.07) is 3.22. The Morgan fingerprint density at radius 2 is 2.33 bits per heavy atom. The molecular weight excluding hydrogens is 156 g/mol. The maximum atomic E-state index is 10.6. The van der Waals surface area contributed by atoms with E-state index in [0.29, 0.717) is 6.54 Å². The highest BCUT2D eigenvalue weighted by molar-refractivity contribution is 5.71. The summed E-state index contributed by atoms with van der Waals surface area (Å²) >= 11 is 0. The van der Waals surface area contributed by atoms with Gasteiger partial charge in [-0.1, -0.05) is 0 Å². The lowest BCUT2D eigenvalue weighted by atomic mass is 10.4. The van der Waals surface area contributed by atoms with Crippen LogP contribution in [0.15, 0.2) is 16.5 Å². The van der Waals surface area contributed by atoms with E-state index in [9.17, 15) is 4.79 Å². The Bertz CT molecular complexity index is 280. The molecule has 0 atom stereocenters. The molecule has 0 spiro atoms. The predicted octanol–water partition coefficient (Wildman–Crippen LogP) is 1.10. The van der Waals surface area contributed by atoms with E-state index in [2.05, 4.69) is 0 Å². The summed E-state index contributed by atoms with van der Waals surface area (Å²) in [6.07, 6.45) is 0. The van der Waals surface area contributed by atoms with Crippen molar-refractivity contribution in [3.63, 3.8) is 0 Å². The number of aryl methyl sites for hydroxylation is 1. The van der Waals surface area contributed by atoms with Gasteiger partial charge in [0.25, 0.3) is 0 Å². The summed E-state index contributed by atoms with van der Waals surface area (Å²) in [4.78, 5) is 12.0. The molecule has 0 aromatic carbocycles. The molecule has 1 aromatic heterocycles. The molecule has 0 fully saturated rings. The van der Waals surface area contributed by atoms with Crippen molar-refractivity contribution in [2.45, 2.75) is 13.5 Å². The molecule has 66 valence electrons. The molecule has 4 heteroatoms.